The molecule has 0 aliphatic carbocycles. The van der Waals surface area contributed by atoms with E-state index in [1.54, 1.807) is 0 Å². The Morgan fingerprint density at radius 1 is 1.25 bits per heavy atom. The summed E-state index contributed by atoms with van der Waals surface area (Å²) in [5.41, 5.74) is 2.57. The van der Waals surface area contributed by atoms with Crippen LogP contribution in [0.3, 0.4) is 0 Å². The van der Waals surface area contributed by atoms with Crippen molar-refractivity contribution in [1.29, 1.82) is 0 Å². The molecule has 0 saturated carbocycles. The molecule has 1 unspecified atom stereocenters. The van der Waals surface area contributed by atoms with Gasteiger partial charge in [0.2, 0.25) is 0 Å². The van der Waals surface area contributed by atoms with E-state index in [2.05, 4.69) is 44.6 Å². The second-order valence-corrected chi connectivity index (χ2v) is 3.50. The minimum absolute atomic E-state index is 1.11. The number of hydrogen-bond donors (Lipinski definition) is 1. The van der Waals surface area contributed by atoms with E-state index in [-0.39, 0.29) is 0 Å². The van der Waals surface area contributed by atoms with Gasteiger partial charge in [-0.05, 0) is 30.1 Å². The number of benzene rings is 1. The Balaban J connectivity index is 2.47. The van der Waals surface area contributed by atoms with E-state index in [1.165, 1.54) is 16.6 Å². The highest BCUT2D eigenvalue weighted by Crippen LogP contribution is 2.15. The number of rotatable bonds is 2. The number of H-pyrrole nitrogens is 1. The third-order valence-electron chi connectivity index (χ3n) is 2.00. The number of aromatic amines is 1. The molecule has 0 aliphatic heterocycles. The number of aryl methyl sites for hydroxylation is 1. The summed E-state index contributed by atoms with van der Waals surface area (Å²) >= 11 is 0. The highest BCUT2D eigenvalue weighted by molar-refractivity contribution is 7.16. The molecule has 2 rings (SSSR count). The predicted molar refractivity (Wildman–Crippen MR) is 56.6 cm³/mol. The Labute approximate surface area is 74.4 Å². The molecule has 2 aromatic rings. The molecule has 0 saturated heterocycles. The van der Waals surface area contributed by atoms with Crippen molar-refractivity contribution in [2.75, 3.05) is 6.16 Å². The standard InChI is InChI=1S/C10H12NP/c12-6-5-9-7-8-3-1-2-4-10(8)11-9/h1-4,7,11H,5-6,12H2. The normalized spacial score (nSPS) is 10.8. The van der Waals surface area contributed by atoms with Gasteiger partial charge in [-0.2, -0.15) is 0 Å². The molecule has 0 bridgehead atoms. The maximum absolute atomic E-state index is 3.38. The van der Waals surface area contributed by atoms with Crippen molar-refractivity contribution in [2.45, 2.75) is 6.42 Å². The van der Waals surface area contributed by atoms with Gasteiger partial charge in [0.25, 0.3) is 0 Å². The van der Waals surface area contributed by atoms with Crippen LogP contribution in [0.2, 0.25) is 0 Å². The Morgan fingerprint density at radius 3 is 2.83 bits per heavy atom. The van der Waals surface area contributed by atoms with Crippen molar-refractivity contribution in [2.24, 2.45) is 0 Å². The van der Waals surface area contributed by atoms with Crippen LogP contribution in [0.4, 0.5) is 0 Å². The second kappa shape index (κ2) is 3.28. The zero-order chi connectivity index (χ0) is 8.39. The third-order valence-corrected chi connectivity index (χ3v) is 2.29. The molecule has 1 aromatic carbocycles. The molecule has 1 heterocycles. The van der Waals surface area contributed by atoms with Gasteiger partial charge in [-0.3, -0.25) is 0 Å². The lowest BCUT2D eigenvalue weighted by molar-refractivity contribution is 1.09. The largest absolute Gasteiger partial charge is 0.358 e. The van der Waals surface area contributed by atoms with E-state index >= 15 is 0 Å². The van der Waals surface area contributed by atoms with Gasteiger partial charge in [-0.15, -0.1) is 9.24 Å². The fraction of sp³-hybridized carbons (Fsp3) is 0.200. The van der Waals surface area contributed by atoms with Gasteiger partial charge in [0.15, 0.2) is 0 Å². The Bertz CT molecular complexity index is 345. The summed E-state index contributed by atoms with van der Waals surface area (Å²) in [6.45, 7) is 0. The van der Waals surface area contributed by atoms with E-state index in [9.17, 15) is 0 Å². The van der Waals surface area contributed by atoms with E-state index in [4.69, 9.17) is 0 Å². The average molecular weight is 177 g/mol. The maximum Gasteiger partial charge on any atom is 0.0456 e. The molecule has 1 atom stereocenters. The highest BCUT2D eigenvalue weighted by atomic mass is 31.0. The molecular weight excluding hydrogens is 165 g/mol. The van der Waals surface area contributed by atoms with Crippen LogP contribution in [-0.2, 0) is 6.42 Å². The molecule has 12 heavy (non-hydrogen) atoms. The predicted octanol–water partition coefficient (Wildman–Crippen LogP) is 2.59. The summed E-state index contributed by atoms with van der Waals surface area (Å²) in [6.07, 6.45) is 2.23. The molecular formula is C10H12NP. The van der Waals surface area contributed by atoms with Gasteiger partial charge < -0.3 is 4.98 Å². The monoisotopic (exact) mass is 177 g/mol. The van der Waals surface area contributed by atoms with Crippen LogP contribution in [0.15, 0.2) is 30.3 Å². The van der Waals surface area contributed by atoms with Crippen LogP contribution < -0.4 is 0 Å². The molecule has 62 valence electrons. The van der Waals surface area contributed by atoms with Gasteiger partial charge in [-0.1, -0.05) is 18.2 Å². The van der Waals surface area contributed by atoms with E-state index in [1.807, 2.05) is 0 Å². The minimum atomic E-state index is 1.11. The van der Waals surface area contributed by atoms with Crippen molar-refractivity contribution in [3.63, 3.8) is 0 Å². The number of aromatic nitrogens is 1. The first-order valence-electron chi connectivity index (χ1n) is 4.17. The van der Waals surface area contributed by atoms with Crippen LogP contribution >= 0.6 is 9.24 Å². The summed E-state index contributed by atoms with van der Waals surface area (Å²) in [5, 5.41) is 1.31. The smallest absolute Gasteiger partial charge is 0.0456 e. The maximum atomic E-state index is 3.38. The number of para-hydroxylation sites is 1. The van der Waals surface area contributed by atoms with Gasteiger partial charge in [0.1, 0.15) is 0 Å². The van der Waals surface area contributed by atoms with Crippen molar-refractivity contribution < 1.29 is 0 Å². The van der Waals surface area contributed by atoms with Gasteiger partial charge in [0, 0.05) is 11.2 Å². The molecule has 0 amide bonds. The first-order valence-corrected chi connectivity index (χ1v) is 4.98. The number of hydrogen-bond acceptors (Lipinski definition) is 0. The summed E-state index contributed by atoms with van der Waals surface area (Å²) in [6, 6.07) is 10.6. The highest BCUT2D eigenvalue weighted by Gasteiger charge is 1.97. The minimum Gasteiger partial charge on any atom is -0.358 e. The first-order chi connectivity index (χ1) is 5.90. The van der Waals surface area contributed by atoms with Crippen molar-refractivity contribution in [3.05, 3.63) is 36.0 Å². The van der Waals surface area contributed by atoms with E-state index < -0.39 is 0 Å². The zero-order valence-electron chi connectivity index (χ0n) is 6.88. The number of nitrogens with one attached hydrogen (secondary N) is 1. The molecule has 0 aliphatic rings. The lowest BCUT2D eigenvalue weighted by Gasteiger charge is -1.88. The van der Waals surface area contributed by atoms with Gasteiger partial charge in [-0.25, -0.2) is 0 Å². The Morgan fingerprint density at radius 2 is 2.08 bits per heavy atom. The Hall–Kier alpha value is -0.810. The lowest BCUT2D eigenvalue weighted by atomic mass is 10.2. The SMILES string of the molecule is PCCc1cc2ccccc2[nH]1. The van der Waals surface area contributed by atoms with Crippen molar-refractivity contribution in [1.82, 2.24) is 4.98 Å². The van der Waals surface area contributed by atoms with Crippen molar-refractivity contribution >= 4 is 20.1 Å². The molecule has 0 fully saturated rings. The number of fused-ring (bicyclic) bond motifs is 1. The van der Waals surface area contributed by atoms with Gasteiger partial charge >= 0.3 is 0 Å². The Kier molecular flexibility index (Phi) is 2.14. The van der Waals surface area contributed by atoms with Crippen LogP contribution in [-0.4, -0.2) is 11.1 Å². The topological polar surface area (TPSA) is 15.8 Å². The van der Waals surface area contributed by atoms with Crippen LogP contribution in [0, 0.1) is 0 Å². The van der Waals surface area contributed by atoms with Crippen molar-refractivity contribution in [3.8, 4) is 0 Å². The quantitative estimate of drug-likeness (QED) is 0.678. The third kappa shape index (κ3) is 1.37. The van der Waals surface area contributed by atoms with E-state index in [0.29, 0.717) is 0 Å². The average Bonchev–Trinajstić information content (AvgIpc) is 2.47. The molecule has 1 N–H and O–H groups in total. The summed E-state index contributed by atoms with van der Waals surface area (Å²) in [7, 11) is 2.74. The summed E-state index contributed by atoms with van der Waals surface area (Å²) in [4.78, 5) is 3.38. The molecule has 0 radical (unpaired) electrons. The van der Waals surface area contributed by atoms with Crippen LogP contribution in [0.25, 0.3) is 10.9 Å². The fourth-order valence-corrected chi connectivity index (χ4v) is 1.73. The molecule has 0 spiro atoms. The molecule has 1 aromatic heterocycles. The first kappa shape index (κ1) is 7.82. The summed E-state index contributed by atoms with van der Waals surface area (Å²) in [5.74, 6) is 0. The van der Waals surface area contributed by atoms with Crippen LogP contribution in [0.5, 0.6) is 0 Å². The molecule has 2 heteroatoms. The second-order valence-electron chi connectivity index (χ2n) is 2.92. The van der Waals surface area contributed by atoms with Gasteiger partial charge in [0.05, 0.1) is 0 Å². The lowest BCUT2D eigenvalue weighted by Crippen LogP contribution is -1.83. The summed E-state index contributed by atoms with van der Waals surface area (Å²) < 4.78 is 0. The fourth-order valence-electron chi connectivity index (χ4n) is 1.42. The molecule has 1 nitrogen and oxygen atoms in total. The van der Waals surface area contributed by atoms with E-state index in [0.717, 1.165) is 12.6 Å². The van der Waals surface area contributed by atoms with Crippen LogP contribution in [0.1, 0.15) is 5.69 Å². The zero-order valence-corrected chi connectivity index (χ0v) is 8.03.